The summed E-state index contributed by atoms with van der Waals surface area (Å²) >= 11 is 0. The van der Waals surface area contributed by atoms with Gasteiger partial charge in [0.1, 0.15) is 0 Å². The minimum absolute atomic E-state index is 0.0234. The lowest BCUT2D eigenvalue weighted by Gasteiger charge is -2.27. The van der Waals surface area contributed by atoms with Crippen LogP contribution in [-0.4, -0.2) is 11.2 Å². The quantitative estimate of drug-likeness (QED) is 0.666. The second-order valence-electron chi connectivity index (χ2n) is 3.75. The third-order valence-corrected chi connectivity index (χ3v) is 2.80. The molecule has 1 nitrogen and oxygen atoms in total. The molecule has 0 radical (unpaired) electrons. The van der Waals surface area contributed by atoms with Gasteiger partial charge in [0.25, 0.3) is 0 Å². The van der Waals surface area contributed by atoms with Crippen molar-refractivity contribution in [2.75, 3.05) is 0 Å². The highest BCUT2D eigenvalue weighted by Crippen LogP contribution is 2.28. The summed E-state index contributed by atoms with van der Waals surface area (Å²) in [6.45, 7) is 2.22. The molecule has 1 saturated carbocycles. The minimum Gasteiger partial charge on any atom is -0.393 e. The summed E-state index contributed by atoms with van der Waals surface area (Å²) in [4.78, 5) is 0. The molecule has 0 unspecified atom stereocenters. The highest BCUT2D eigenvalue weighted by atomic mass is 16.3. The fraction of sp³-hybridized carbons (Fsp3) is 1.00. The van der Waals surface area contributed by atoms with Crippen LogP contribution in [0.2, 0.25) is 0 Å². The lowest BCUT2D eigenvalue weighted by Crippen LogP contribution is -2.24. The first kappa shape index (κ1) is 9.05. The highest BCUT2D eigenvalue weighted by molar-refractivity contribution is 4.73. The largest absolute Gasteiger partial charge is 0.393 e. The summed E-state index contributed by atoms with van der Waals surface area (Å²) in [6.07, 6.45) is 8.73. The van der Waals surface area contributed by atoms with Crippen LogP contribution in [0, 0.1) is 5.92 Å². The zero-order valence-electron chi connectivity index (χ0n) is 7.55. The van der Waals surface area contributed by atoms with Gasteiger partial charge in [0.05, 0.1) is 6.10 Å². The third kappa shape index (κ3) is 2.82. The number of aliphatic hydroxyl groups is 1. The van der Waals surface area contributed by atoms with Crippen molar-refractivity contribution in [2.24, 2.45) is 5.92 Å². The van der Waals surface area contributed by atoms with E-state index in [9.17, 15) is 5.11 Å². The van der Waals surface area contributed by atoms with Crippen LogP contribution >= 0.6 is 0 Å². The lowest BCUT2D eigenvalue weighted by molar-refractivity contribution is 0.0642. The molecule has 1 fully saturated rings. The Morgan fingerprint density at radius 2 is 2.00 bits per heavy atom. The van der Waals surface area contributed by atoms with Crippen LogP contribution in [0.1, 0.15) is 51.9 Å². The van der Waals surface area contributed by atoms with Gasteiger partial charge in [0.2, 0.25) is 0 Å². The Labute approximate surface area is 69.8 Å². The maximum absolute atomic E-state index is 9.60. The van der Waals surface area contributed by atoms with Crippen molar-refractivity contribution in [2.45, 2.75) is 58.0 Å². The Bertz CT molecular complexity index is 101. The van der Waals surface area contributed by atoms with Crippen LogP contribution in [0.5, 0.6) is 0 Å². The molecule has 1 rings (SSSR count). The van der Waals surface area contributed by atoms with Gasteiger partial charge in [-0.3, -0.25) is 0 Å². The average Bonchev–Trinajstić information content (AvgIpc) is 2.03. The van der Waals surface area contributed by atoms with Crippen molar-refractivity contribution in [3.63, 3.8) is 0 Å². The van der Waals surface area contributed by atoms with Gasteiger partial charge in [0.15, 0.2) is 0 Å². The first-order valence-corrected chi connectivity index (χ1v) is 5.02. The molecule has 1 heteroatoms. The molecule has 0 bridgehead atoms. The zero-order valence-corrected chi connectivity index (χ0v) is 7.55. The molecule has 1 aliphatic rings. The first-order chi connectivity index (χ1) is 5.34. The summed E-state index contributed by atoms with van der Waals surface area (Å²) < 4.78 is 0. The molecular formula is C10H20O. The standard InChI is InChI=1S/C10H20O/c1-2-3-6-9-7-4-5-8-10(9)11/h9-11H,2-8H2,1H3/t9-,10-/m0/s1. The van der Waals surface area contributed by atoms with Gasteiger partial charge in [-0.15, -0.1) is 0 Å². The van der Waals surface area contributed by atoms with Gasteiger partial charge in [-0.1, -0.05) is 32.6 Å². The Balaban J connectivity index is 2.18. The van der Waals surface area contributed by atoms with Crippen LogP contribution in [0.4, 0.5) is 0 Å². The molecule has 66 valence electrons. The van der Waals surface area contributed by atoms with Crippen molar-refractivity contribution < 1.29 is 5.11 Å². The molecule has 0 saturated heterocycles. The molecule has 0 aromatic heterocycles. The van der Waals surface area contributed by atoms with E-state index in [4.69, 9.17) is 0 Å². The second kappa shape index (κ2) is 4.76. The Kier molecular flexibility index (Phi) is 3.92. The van der Waals surface area contributed by atoms with Gasteiger partial charge in [0, 0.05) is 0 Å². The summed E-state index contributed by atoms with van der Waals surface area (Å²) in [7, 11) is 0. The van der Waals surface area contributed by atoms with Crippen molar-refractivity contribution in [3.8, 4) is 0 Å². The van der Waals surface area contributed by atoms with Crippen LogP contribution in [-0.2, 0) is 0 Å². The highest BCUT2D eigenvalue weighted by Gasteiger charge is 2.21. The van der Waals surface area contributed by atoms with Crippen LogP contribution < -0.4 is 0 Å². The molecule has 0 heterocycles. The van der Waals surface area contributed by atoms with E-state index in [1.54, 1.807) is 0 Å². The van der Waals surface area contributed by atoms with E-state index < -0.39 is 0 Å². The van der Waals surface area contributed by atoms with Gasteiger partial charge in [-0.05, 0) is 25.2 Å². The molecule has 0 aromatic carbocycles. The Hall–Kier alpha value is -0.0400. The number of hydrogen-bond donors (Lipinski definition) is 1. The Morgan fingerprint density at radius 1 is 1.27 bits per heavy atom. The second-order valence-corrected chi connectivity index (χ2v) is 3.75. The molecule has 1 N–H and O–H groups in total. The molecule has 1 aliphatic carbocycles. The maximum Gasteiger partial charge on any atom is 0.0568 e. The molecule has 0 aliphatic heterocycles. The lowest BCUT2D eigenvalue weighted by atomic mass is 9.83. The molecule has 0 amide bonds. The average molecular weight is 156 g/mol. The number of unbranched alkanes of at least 4 members (excludes halogenated alkanes) is 1. The van der Waals surface area contributed by atoms with E-state index in [0.717, 1.165) is 6.42 Å². The molecule has 2 atom stereocenters. The van der Waals surface area contributed by atoms with Crippen molar-refractivity contribution >= 4 is 0 Å². The fourth-order valence-corrected chi connectivity index (χ4v) is 1.99. The molecule has 11 heavy (non-hydrogen) atoms. The van der Waals surface area contributed by atoms with Gasteiger partial charge in [-0.25, -0.2) is 0 Å². The first-order valence-electron chi connectivity index (χ1n) is 5.02. The van der Waals surface area contributed by atoms with Gasteiger partial charge >= 0.3 is 0 Å². The summed E-state index contributed by atoms with van der Waals surface area (Å²) in [5.74, 6) is 0.628. The van der Waals surface area contributed by atoms with Gasteiger partial charge < -0.3 is 5.11 Å². The summed E-state index contributed by atoms with van der Waals surface area (Å²) in [5, 5.41) is 9.60. The van der Waals surface area contributed by atoms with E-state index in [-0.39, 0.29) is 6.10 Å². The normalized spacial score (nSPS) is 32.2. The monoisotopic (exact) mass is 156 g/mol. The molecule has 0 spiro atoms. The van der Waals surface area contributed by atoms with Crippen molar-refractivity contribution in [3.05, 3.63) is 0 Å². The molecular weight excluding hydrogens is 136 g/mol. The minimum atomic E-state index is 0.0234. The van der Waals surface area contributed by atoms with Gasteiger partial charge in [-0.2, -0.15) is 0 Å². The number of rotatable bonds is 3. The summed E-state index contributed by atoms with van der Waals surface area (Å²) in [5.41, 5.74) is 0. The van der Waals surface area contributed by atoms with Crippen molar-refractivity contribution in [1.29, 1.82) is 0 Å². The third-order valence-electron chi connectivity index (χ3n) is 2.80. The molecule has 0 aromatic rings. The topological polar surface area (TPSA) is 20.2 Å². The van der Waals surface area contributed by atoms with Crippen molar-refractivity contribution in [1.82, 2.24) is 0 Å². The van der Waals surface area contributed by atoms with E-state index in [1.165, 1.54) is 38.5 Å². The SMILES string of the molecule is CCCC[C@H]1CCCC[C@@H]1O. The van der Waals surface area contributed by atoms with E-state index in [2.05, 4.69) is 6.92 Å². The number of aliphatic hydroxyl groups excluding tert-OH is 1. The summed E-state index contributed by atoms with van der Waals surface area (Å²) in [6, 6.07) is 0. The Morgan fingerprint density at radius 3 is 2.64 bits per heavy atom. The van der Waals surface area contributed by atoms with Crippen LogP contribution in [0.3, 0.4) is 0 Å². The van der Waals surface area contributed by atoms with Crippen LogP contribution in [0.25, 0.3) is 0 Å². The van der Waals surface area contributed by atoms with E-state index >= 15 is 0 Å². The van der Waals surface area contributed by atoms with E-state index in [0.29, 0.717) is 5.92 Å². The fourth-order valence-electron chi connectivity index (χ4n) is 1.99. The number of hydrogen-bond acceptors (Lipinski definition) is 1. The smallest absolute Gasteiger partial charge is 0.0568 e. The predicted molar refractivity (Wildman–Crippen MR) is 47.5 cm³/mol. The van der Waals surface area contributed by atoms with E-state index in [1.807, 2.05) is 0 Å². The zero-order chi connectivity index (χ0) is 8.10. The maximum atomic E-state index is 9.60. The van der Waals surface area contributed by atoms with Crippen LogP contribution in [0.15, 0.2) is 0 Å². The predicted octanol–water partition coefficient (Wildman–Crippen LogP) is 2.73.